The predicted molar refractivity (Wildman–Crippen MR) is 65.3 cm³/mol. The van der Waals surface area contributed by atoms with E-state index in [4.69, 9.17) is 5.73 Å². The Morgan fingerprint density at radius 3 is 3.06 bits per heavy atom. The number of nitrogens with zero attached hydrogens (tertiary/aromatic N) is 2. The molecule has 0 unspecified atom stereocenters. The molecule has 3 N–H and O–H groups in total. The van der Waals surface area contributed by atoms with Crippen LogP contribution in [0.1, 0.15) is 18.5 Å². The van der Waals surface area contributed by atoms with Crippen LogP contribution in [0.3, 0.4) is 0 Å². The van der Waals surface area contributed by atoms with Gasteiger partial charge in [0, 0.05) is 42.6 Å². The fourth-order valence-corrected chi connectivity index (χ4v) is 2.04. The number of nitrogens with two attached hydrogens (primary N) is 1. The van der Waals surface area contributed by atoms with Crippen LogP contribution >= 0.6 is 0 Å². The second-order valence-electron chi connectivity index (χ2n) is 4.41. The molecule has 16 heavy (non-hydrogen) atoms. The lowest BCUT2D eigenvalue weighted by atomic mass is 10.2. The van der Waals surface area contributed by atoms with Gasteiger partial charge in [0.1, 0.15) is 5.65 Å². The highest BCUT2D eigenvalue weighted by atomic mass is 15.0. The predicted octanol–water partition coefficient (Wildman–Crippen LogP) is 1.61. The molecule has 0 aromatic carbocycles. The third-order valence-corrected chi connectivity index (χ3v) is 3.17. The van der Waals surface area contributed by atoms with Crippen molar-refractivity contribution < 1.29 is 0 Å². The number of nitrogens with one attached hydrogen (secondary N) is 1. The van der Waals surface area contributed by atoms with Gasteiger partial charge in [0.15, 0.2) is 0 Å². The third-order valence-electron chi connectivity index (χ3n) is 3.17. The van der Waals surface area contributed by atoms with E-state index < -0.39 is 0 Å². The summed E-state index contributed by atoms with van der Waals surface area (Å²) in [4.78, 5) is 4.41. The summed E-state index contributed by atoms with van der Waals surface area (Å²) in [5.41, 5.74) is 9.02. The van der Waals surface area contributed by atoms with Gasteiger partial charge >= 0.3 is 0 Å². The van der Waals surface area contributed by atoms with Crippen molar-refractivity contribution in [2.24, 2.45) is 12.8 Å². The second-order valence-corrected chi connectivity index (χ2v) is 4.41. The van der Waals surface area contributed by atoms with Gasteiger partial charge in [0.05, 0.1) is 0 Å². The molecule has 4 nitrogen and oxygen atoms in total. The van der Waals surface area contributed by atoms with E-state index >= 15 is 0 Å². The van der Waals surface area contributed by atoms with Crippen LogP contribution in [0.25, 0.3) is 11.0 Å². The molecule has 2 aromatic rings. The molecule has 4 heteroatoms. The molecule has 2 aromatic heterocycles. The number of aryl methyl sites for hydroxylation is 1. The normalized spacial score (nSPS) is 15.6. The molecule has 0 amide bonds. The van der Waals surface area contributed by atoms with Crippen LogP contribution < -0.4 is 11.1 Å². The molecule has 0 radical (unpaired) electrons. The Balaban J connectivity index is 2.13. The molecule has 0 aliphatic heterocycles. The van der Waals surface area contributed by atoms with E-state index in [1.165, 1.54) is 23.9 Å². The average Bonchev–Trinajstić information content (AvgIpc) is 3.04. The molecule has 0 saturated heterocycles. The maximum Gasteiger partial charge on any atom is 0.141 e. The van der Waals surface area contributed by atoms with E-state index in [0.717, 1.165) is 11.3 Å². The van der Waals surface area contributed by atoms with Gasteiger partial charge in [-0.3, -0.25) is 0 Å². The topological polar surface area (TPSA) is 55.9 Å². The molecule has 1 aliphatic carbocycles. The summed E-state index contributed by atoms with van der Waals surface area (Å²) in [7, 11) is 2.01. The summed E-state index contributed by atoms with van der Waals surface area (Å²) in [6.07, 6.45) is 4.41. The highest BCUT2D eigenvalue weighted by Gasteiger charge is 2.22. The number of anilines is 1. The fourth-order valence-electron chi connectivity index (χ4n) is 2.04. The summed E-state index contributed by atoms with van der Waals surface area (Å²) in [5.74, 6) is 0. The van der Waals surface area contributed by atoms with Crippen molar-refractivity contribution in [1.29, 1.82) is 0 Å². The SMILES string of the molecule is Cn1c(CN)cc2c(NC3CC3)ccnc21. The summed E-state index contributed by atoms with van der Waals surface area (Å²) >= 11 is 0. The van der Waals surface area contributed by atoms with Crippen LogP contribution in [0.4, 0.5) is 5.69 Å². The first-order valence-electron chi connectivity index (χ1n) is 5.69. The van der Waals surface area contributed by atoms with Crippen LogP contribution in [-0.4, -0.2) is 15.6 Å². The van der Waals surface area contributed by atoms with Crippen LogP contribution in [0, 0.1) is 0 Å². The van der Waals surface area contributed by atoms with Crippen LogP contribution in [0.15, 0.2) is 18.3 Å². The largest absolute Gasteiger partial charge is 0.382 e. The second kappa shape index (κ2) is 3.49. The lowest BCUT2D eigenvalue weighted by molar-refractivity contribution is 0.839. The van der Waals surface area contributed by atoms with Gasteiger partial charge in [-0.15, -0.1) is 0 Å². The molecule has 0 spiro atoms. The van der Waals surface area contributed by atoms with Gasteiger partial charge in [0.2, 0.25) is 0 Å². The van der Waals surface area contributed by atoms with Crippen LogP contribution in [-0.2, 0) is 13.6 Å². The van der Waals surface area contributed by atoms with E-state index in [-0.39, 0.29) is 0 Å². The van der Waals surface area contributed by atoms with Gasteiger partial charge in [-0.1, -0.05) is 0 Å². The zero-order valence-corrected chi connectivity index (χ0v) is 9.40. The molecule has 1 fully saturated rings. The lowest BCUT2D eigenvalue weighted by Gasteiger charge is -2.05. The number of aromatic nitrogens is 2. The number of hydrogen-bond acceptors (Lipinski definition) is 3. The Hall–Kier alpha value is -1.55. The average molecular weight is 216 g/mol. The van der Waals surface area contributed by atoms with E-state index in [2.05, 4.69) is 20.9 Å². The maximum atomic E-state index is 5.71. The van der Waals surface area contributed by atoms with Crippen molar-refractivity contribution in [3.63, 3.8) is 0 Å². The summed E-state index contributed by atoms with van der Waals surface area (Å²) < 4.78 is 2.06. The molecule has 1 saturated carbocycles. The van der Waals surface area contributed by atoms with Crippen molar-refractivity contribution in [2.75, 3.05) is 5.32 Å². The zero-order valence-electron chi connectivity index (χ0n) is 9.40. The van der Waals surface area contributed by atoms with Crippen molar-refractivity contribution >= 4 is 16.7 Å². The third kappa shape index (κ3) is 1.46. The molecule has 1 aliphatic rings. The van der Waals surface area contributed by atoms with Gasteiger partial charge < -0.3 is 15.6 Å². The van der Waals surface area contributed by atoms with Crippen LogP contribution in [0.5, 0.6) is 0 Å². The van der Waals surface area contributed by atoms with Crippen molar-refractivity contribution in [1.82, 2.24) is 9.55 Å². The van der Waals surface area contributed by atoms with Gasteiger partial charge in [-0.2, -0.15) is 0 Å². The van der Waals surface area contributed by atoms with Crippen molar-refractivity contribution in [3.05, 3.63) is 24.0 Å². The first-order valence-corrected chi connectivity index (χ1v) is 5.69. The minimum absolute atomic E-state index is 0.551. The fraction of sp³-hybridized carbons (Fsp3) is 0.417. The van der Waals surface area contributed by atoms with Crippen molar-refractivity contribution in [2.45, 2.75) is 25.4 Å². The number of hydrogen-bond donors (Lipinski definition) is 2. The number of pyridine rings is 1. The smallest absolute Gasteiger partial charge is 0.141 e. The zero-order chi connectivity index (χ0) is 11.1. The van der Waals surface area contributed by atoms with Crippen molar-refractivity contribution in [3.8, 4) is 0 Å². The Labute approximate surface area is 94.5 Å². The van der Waals surface area contributed by atoms with Gasteiger partial charge in [-0.25, -0.2) is 4.98 Å². The molecule has 3 rings (SSSR count). The highest BCUT2D eigenvalue weighted by Crippen LogP contribution is 2.30. The summed E-state index contributed by atoms with van der Waals surface area (Å²) in [6.45, 7) is 0.551. The standard InChI is InChI=1S/C12H16N4/c1-16-9(7-13)6-10-11(15-8-2-3-8)4-5-14-12(10)16/h4-6,8H,2-3,7,13H2,1H3,(H,14,15). The van der Waals surface area contributed by atoms with Gasteiger partial charge in [-0.05, 0) is 25.0 Å². The van der Waals surface area contributed by atoms with E-state index in [0.29, 0.717) is 12.6 Å². The summed E-state index contributed by atoms with van der Waals surface area (Å²) in [5, 5.41) is 4.71. The molecule has 84 valence electrons. The van der Waals surface area contributed by atoms with E-state index in [1.54, 1.807) is 0 Å². The highest BCUT2D eigenvalue weighted by molar-refractivity contribution is 5.90. The lowest BCUT2D eigenvalue weighted by Crippen LogP contribution is -2.03. The summed E-state index contributed by atoms with van der Waals surface area (Å²) in [6, 6.07) is 4.83. The Morgan fingerprint density at radius 2 is 2.38 bits per heavy atom. The molecule has 0 atom stereocenters. The first kappa shape index (κ1) is 9.66. The minimum atomic E-state index is 0.551. The molecule has 0 bridgehead atoms. The molecular formula is C12H16N4. The number of rotatable bonds is 3. The Morgan fingerprint density at radius 1 is 1.56 bits per heavy atom. The quantitative estimate of drug-likeness (QED) is 0.819. The van der Waals surface area contributed by atoms with E-state index in [9.17, 15) is 0 Å². The Kier molecular flexibility index (Phi) is 2.11. The molecule has 2 heterocycles. The monoisotopic (exact) mass is 216 g/mol. The maximum absolute atomic E-state index is 5.71. The first-order chi connectivity index (χ1) is 7.79. The minimum Gasteiger partial charge on any atom is -0.382 e. The van der Waals surface area contributed by atoms with Gasteiger partial charge in [0.25, 0.3) is 0 Å². The number of fused-ring (bicyclic) bond motifs is 1. The molecular weight excluding hydrogens is 200 g/mol. The van der Waals surface area contributed by atoms with E-state index in [1.807, 2.05) is 19.3 Å². The Bertz CT molecular complexity index is 525. The van der Waals surface area contributed by atoms with Crippen LogP contribution in [0.2, 0.25) is 0 Å².